The Kier molecular flexibility index (Phi) is 4.84. The number of nitrogen functional groups attached to an aromatic ring is 1. The van der Waals surface area contributed by atoms with Crippen LogP contribution in [0.3, 0.4) is 0 Å². The van der Waals surface area contributed by atoms with E-state index in [-0.39, 0.29) is 0 Å². The lowest BCUT2D eigenvalue weighted by molar-refractivity contribution is 0.306. The molecule has 0 bridgehead atoms. The molecule has 26 heavy (non-hydrogen) atoms. The van der Waals surface area contributed by atoms with E-state index in [0.29, 0.717) is 18.5 Å². The largest absolute Gasteiger partial charge is 0.489 e. The number of rotatable bonds is 5. The van der Waals surface area contributed by atoms with Crippen molar-refractivity contribution in [3.63, 3.8) is 0 Å². The number of nitrogens with one attached hydrogen (secondary N) is 1. The van der Waals surface area contributed by atoms with Crippen molar-refractivity contribution >= 4 is 5.82 Å². The Morgan fingerprint density at radius 3 is 2.73 bits per heavy atom. The van der Waals surface area contributed by atoms with Gasteiger partial charge in [0.05, 0.1) is 12.2 Å². The van der Waals surface area contributed by atoms with Crippen molar-refractivity contribution < 1.29 is 4.74 Å². The van der Waals surface area contributed by atoms with Gasteiger partial charge in [-0.2, -0.15) is 5.10 Å². The molecule has 0 unspecified atom stereocenters. The van der Waals surface area contributed by atoms with Crippen molar-refractivity contribution in [1.29, 1.82) is 0 Å². The summed E-state index contributed by atoms with van der Waals surface area (Å²) in [4.78, 5) is 4.34. The number of aromatic nitrogens is 3. The van der Waals surface area contributed by atoms with Crippen LogP contribution in [-0.2, 0) is 6.61 Å². The van der Waals surface area contributed by atoms with Crippen LogP contribution in [0.5, 0.6) is 5.75 Å². The molecule has 0 spiro atoms. The molecule has 4 rings (SSSR count). The third-order valence-corrected chi connectivity index (χ3v) is 4.76. The quantitative estimate of drug-likeness (QED) is 0.740. The van der Waals surface area contributed by atoms with E-state index in [4.69, 9.17) is 10.5 Å². The van der Waals surface area contributed by atoms with Crippen LogP contribution in [0, 0.1) is 0 Å². The van der Waals surface area contributed by atoms with Gasteiger partial charge >= 0.3 is 0 Å². The Hall–Kier alpha value is -2.86. The standard InChI is InChI=1S/C20H23N5O/c21-20-16(14-26-19-4-2-1-3-5-19)10-15(11-23-20)17-12-24-25(13-17)18-6-8-22-9-7-18/h1-5,10-13,18,22H,6-9,14H2,(H2,21,23). The van der Waals surface area contributed by atoms with Crippen molar-refractivity contribution in [2.45, 2.75) is 25.5 Å². The lowest BCUT2D eigenvalue weighted by Crippen LogP contribution is -2.29. The number of hydrogen-bond acceptors (Lipinski definition) is 5. The van der Waals surface area contributed by atoms with E-state index < -0.39 is 0 Å². The van der Waals surface area contributed by atoms with Gasteiger partial charge in [-0.05, 0) is 44.1 Å². The number of nitrogens with two attached hydrogens (primary N) is 1. The Bertz CT molecular complexity index is 856. The number of anilines is 1. The van der Waals surface area contributed by atoms with E-state index in [0.717, 1.165) is 48.4 Å². The molecule has 0 amide bonds. The molecule has 3 aromatic rings. The van der Waals surface area contributed by atoms with Crippen LogP contribution in [0.25, 0.3) is 11.1 Å². The predicted molar refractivity (Wildman–Crippen MR) is 102 cm³/mol. The topological polar surface area (TPSA) is 78.0 Å². The Balaban J connectivity index is 1.51. The normalized spacial score (nSPS) is 15.1. The second-order valence-corrected chi connectivity index (χ2v) is 6.56. The van der Waals surface area contributed by atoms with Crippen molar-refractivity contribution in [3.8, 4) is 16.9 Å². The molecule has 6 nitrogen and oxygen atoms in total. The molecule has 1 fully saturated rings. The first kappa shape index (κ1) is 16.6. The number of nitrogens with zero attached hydrogens (tertiary/aromatic N) is 3. The van der Waals surface area contributed by atoms with Crippen molar-refractivity contribution in [2.75, 3.05) is 18.8 Å². The monoisotopic (exact) mass is 349 g/mol. The van der Waals surface area contributed by atoms with Gasteiger partial charge in [-0.25, -0.2) is 4.98 Å². The van der Waals surface area contributed by atoms with Gasteiger partial charge in [-0.1, -0.05) is 18.2 Å². The minimum Gasteiger partial charge on any atom is -0.489 e. The second kappa shape index (κ2) is 7.58. The van der Waals surface area contributed by atoms with Crippen LogP contribution in [0.2, 0.25) is 0 Å². The first-order valence-corrected chi connectivity index (χ1v) is 8.97. The highest BCUT2D eigenvalue weighted by Crippen LogP contribution is 2.25. The van der Waals surface area contributed by atoms with E-state index in [1.807, 2.05) is 42.6 Å². The summed E-state index contributed by atoms with van der Waals surface area (Å²) in [5.41, 5.74) is 8.97. The van der Waals surface area contributed by atoms with Crippen LogP contribution < -0.4 is 15.8 Å². The van der Waals surface area contributed by atoms with Crippen LogP contribution in [0.4, 0.5) is 5.82 Å². The van der Waals surface area contributed by atoms with E-state index in [9.17, 15) is 0 Å². The van der Waals surface area contributed by atoms with Crippen LogP contribution in [0.1, 0.15) is 24.4 Å². The van der Waals surface area contributed by atoms with Crippen molar-refractivity contribution in [2.24, 2.45) is 0 Å². The number of benzene rings is 1. The number of para-hydroxylation sites is 1. The zero-order valence-electron chi connectivity index (χ0n) is 14.6. The highest BCUT2D eigenvalue weighted by atomic mass is 16.5. The predicted octanol–water partition coefficient (Wildman–Crippen LogP) is 3.03. The van der Waals surface area contributed by atoms with E-state index in [2.05, 4.69) is 26.3 Å². The molecule has 6 heteroatoms. The van der Waals surface area contributed by atoms with Gasteiger partial charge in [0.25, 0.3) is 0 Å². The molecule has 3 heterocycles. The minimum absolute atomic E-state index is 0.388. The molecule has 3 N–H and O–H groups in total. The number of piperidine rings is 1. The van der Waals surface area contributed by atoms with Gasteiger partial charge < -0.3 is 15.8 Å². The summed E-state index contributed by atoms with van der Waals surface area (Å²) in [7, 11) is 0. The maximum atomic E-state index is 6.03. The number of hydrogen-bond donors (Lipinski definition) is 2. The lowest BCUT2D eigenvalue weighted by atomic mass is 10.1. The molecule has 1 aliphatic rings. The van der Waals surface area contributed by atoms with Gasteiger partial charge in [-0.15, -0.1) is 0 Å². The van der Waals surface area contributed by atoms with Crippen molar-refractivity contribution in [3.05, 3.63) is 60.6 Å². The van der Waals surface area contributed by atoms with Crippen LogP contribution in [-0.4, -0.2) is 27.9 Å². The highest BCUT2D eigenvalue weighted by molar-refractivity contribution is 5.63. The fourth-order valence-corrected chi connectivity index (χ4v) is 3.23. The summed E-state index contributed by atoms with van der Waals surface area (Å²) < 4.78 is 7.89. The average molecular weight is 349 g/mol. The zero-order valence-corrected chi connectivity index (χ0v) is 14.6. The summed E-state index contributed by atoms with van der Waals surface area (Å²) in [5.74, 6) is 1.31. The summed E-state index contributed by atoms with van der Waals surface area (Å²) in [6, 6.07) is 12.2. The molecule has 2 aromatic heterocycles. The molecular weight excluding hydrogens is 326 g/mol. The third-order valence-electron chi connectivity index (χ3n) is 4.76. The van der Waals surface area contributed by atoms with Gasteiger partial charge in [-0.3, -0.25) is 4.68 Å². The smallest absolute Gasteiger partial charge is 0.130 e. The Labute approximate surface area is 153 Å². The average Bonchev–Trinajstić information content (AvgIpc) is 3.19. The van der Waals surface area contributed by atoms with Gasteiger partial charge in [0.15, 0.2) is 0 Å². The highest BCUT2D eigenvalue weighted by Gasteiger charge is 2.16. The maximum Gasteiger partial charge on any atom is 0.130 e. The van der Waals surface area contributed by atoms with E-state index in [1.165, 1.54) is 0 Å². The van der Waals surface area contributed by atoms with Crippen molar-refractivity contribution in [1.82, 2.24) is 20.1 Å². The molecule has 134 valence electrons. The van der Waals surface area contributed by atoms with E-state index in [1.54, 1.807) is 6.20 Å². The molecular formula is C20H23N5O. The Morgan fingerprint density at radius 2 is 1.92 bits per heavy atom. The summed E-state index contributed by atoms with van der Waals surface area (Å²) in [5, 5.41) is 7.95. The Morgan fingerprint density at radius 1 is 1.12 bits per heavy atom. The molecule has 0 saturated carbocycles. The number of ether oxygens (including phenoxy) is 1. The second-order valence-electron chi connectivity index (χ2n) is 6.56. The lowest BCUT2D eigenvalue weighted by Gasteiger charge is -2.22. The van der Waals surface area contributed by atoms with E-state index >= 15 is 0 Å². The molecule has 0 radical (unpaired) electrons. The summed E-state index contributed by atoms with van der Waals surface area (Å²) in [6.45, 7) is 2.48. The molecule has 0 aliphatic carbocycles. The van der Waals surface area contributed by atoms with Gasteiger partial charge in [0.2, 0.25) is 0 Å². The fourth-order valence-electron chi connectivity index (χ4n) is 3.23. The van der Waals surface area contributed by atoms with Crippen LogP contribution in [0.15, 0.2) is 55.0 Å². The van der Waals surface area contributed by atoms with Crippen LogP contribution >= 0.6 is 0 Å². The zero-order chi connectivity index (χ0) is 17.8. The minimum atomic E-state index is 0.388. The molecule has 1 aliphatic heterocycles. The molecule has 0 atom stereocenters. The van der Waals surface area contributed by atoms with Gasteiger partial charge in [0.1, 0.15) is 18.2 Å². The SMILES string of the molecule is Nc1ncc(-c2cnn(C3CCNCC3)c2)cc1COc1ccccc1. The third kappa shape index (κ3) is 3.70. The summed E-state index contributed by atoms with van der Waals surface area (Å²) in [6.07, 6.45) is 8.02. The summed E-state index contributed by atoms with van der Waals surface area (Å²) >= 11 is 0. The maximum absolute atomic E-state index is 6.03. The fraction of sp³-hybridized carbons (Fsp3) is 0.300. The molecule has 1 saturated heterocycles. The van der Waals surface area contributed by atoms with Gasteiger partial charge in [0, 0.05) is 29.1 Å². The first-order valence-electron chi connectivity index (χ1n) is 8.97. The number of pyridine rings is 1. The first-order chi connectivity index (χ1) is 12.8. The molecule has 1 aromatic carbocycles.